The highest BCUT2D eigenvalue weighted by Crippen LogP contribution is 2.65. The number of carbonyl (C=O) groups excluding carboxylic acids is 1. The summed E-state index contributed by atoms with van der Waals surface area (Å²) in [7, 11) is 0. The Kier molecular flexibility index (Phi) is 3.44. The highest BCUT2D eigenvalue weighted by molar-refractivity contribution is 5.91. The molecule has 2 fully saturated rings. The van der Waals surface area contributed by atoms with E-state index in [1.807, 2.05) is 24.5 Å². The van der Waals surface area contributed by atoms with Crippen molar-refractivity contribution in [3.8, 4) is 0 Å². The summed E-state index contributed by atoms with van der Waals surface area (Å²) in [5, 5.41) is 0. The van der Waals surface area contributed by atoms with Crippen LogP contribution >= 0.6 is 0 Å². The largest absolute Gasteiger partial charge is 0.295 e. The normalized spacial score (nSPS) is 38.5. The number of aromatic nitrogens is 1. The predicted octanol–water partition coefficient (Wildman–Crippen LogP) is 5.53. The Labute approximate surface area is 156 Å². The maximum atomic E-state index is 12.0. The van der Waals surface area contributed by atoms with Crippen molar-refractivity contribution in [1.82, 2.24) is 4.98 Å². The van der Waals surface area contributed by atoms with Gasteiger partial charge in [0.25, 0.3) is 0 Å². The van der Waals surface area contributed by atoms with E-state index in [-0.39, 0.29) is 10.8 Å². The summed E-state index contributed by atoms with van der Waals surface area (Å²) in [5.41, 5.74) is 6.19. The van der Waals surface area contributed by atoms with Gasteiger partial charge in [0.05, 0.1) is 0 Å². The van der Waals surface area contributed by atoms with Gasteiger partial charge in [-0.1, -0.05) is 43.2 Å². The van der Waals surface area contributed by atoms with Crippen molar-refractivity contribution in [2.24, 2.45) is 22.7 Å². The average Bonchev–Trinajstić information content (AvgIpc) is 3.00. The Morgan fingerprint density at radius 3 is 2.81 bits per heavy atom. The van der Waals surface area contributed by atoms with Gasteiger partial charge in [0, 0.05) is 24.2 Å². The van der Waals surface area contributed by atoms with Crippen LogP contribution in [0.25, 0.3) is 5.57 Å². The Morgan fingerprint density at radius 2 is 2.00 bits per heavy atom. The second-order valence-corrected chi connectivity index (χ2v) is 9.12. The zero-order valence-corrected chi connectivity index (χ0v) is 15.8. The van der Waals surface area contributed by atoms with Gasteiger partial charge < -0.3 is 0 Å². The van der Waals surface area contributed by atoms with Gasteiger partial charge in [-0.05, 0) is 72.6 Å². The molecule has 4 unspecified atom stereocenters. The summed E-state index contributed by atoms with van der Waals surface area (Å²) in [6, 6.07) is 4.24. The van der Waals surface area contributed by atoms with Crippen molar-refractivity contribution in [2.75, 3.05) is 0 Å². The van der Waals surface area contributed by atoms with Gasteiger partial charge in [0.15, 0.2) is 5.78 Å². The zero-order chi connectivity index (χ0) is 17.9. The molecule has 0 bridgehead atoms. The molecule has 0 amide bonds. The smallest absolute Gasteiger partial charge is 0.155 e. The number of carbonyl (C=O) groups is 1. The number of nitrogens with zero attached hydrogens (tertiary/aromatic N) is 1. The fourth-order valence-electron chi connectivity index (χ4n) is 6.49. The van der Waals surface area contributed by atoms with E-state index >= 15 is 0 Å². The summed E-state index contributed by atoms with van der Waals surface area (Å²) < 4.78 is 0. The first kappa shape index (κ1) is 16.2. The summed E-state index contributed by atoms with van der Waals surface area (Å²) in [4.78, 5) is 16.3. The second-order valence-electron chi connectivity index (χ2n) is 9.12. The molecule has 1 heterocycles. The maximum absolute atomic E-state index is 12.0. The average molecular weight is 345 g/mol. The van der Waals surface area contributed by atoms with Gasteiger partial charge >= 0.3 is 0 Å². The fraction of sp³-hybridized carbons (Fsp3) is 0.500. The highest BCUT2D eigenvalue weighted by atomic mass is 16.1. The Morgan fingerprint density at radius 1 is 1.12 bits per heavy atom. The molecule has 1 aromatic heterocycles. The van der Waals surface area contributed by atoms with Gasteiger partial charge in [-0.2, -0.15) is 0 Å². The molecule has 5 rings (SSSR count). The first-order valence-corrected chi connectivity index (χ1v) is 10.1. The van der Waals surface area contributed by atoms with Crippen LogP contribution in [-0.4, -0.2) is 10.8 Å². The molecule has 0 saturated heterocycles. The summed E-state index contributed by atoms with van der Waals surface area (Å²) in [6.07, 6.45) is 17.2. The lowest BCUT2D eigenvalue weighted by atomic mass is 9.48. The van der Waals surface area contributed by atoms with Crippen LogP contribution in [0, 0.1) is 22.7 Å². The lowest BCUT2D eigenvalue weighted by Gasteiger charge is -2.56. The van der Waals surface area contributed by atoms with Gasteiger partial charge in [0.1, 0.15) is 0 Å². The highest BCUT2D eigenvalue weighted by Gasteiger charge is 2.54. The second kappa shape index (κ2) is 5.52. The zero-order valence-electron chi connectivity index (χ0n) is 15.8. The third kappa shape index (κ3) is 2.11. The topological polar surface area (TPSA) is 30.0 Å². The van der Waals surface area contributed by atoms with E-state index in [1.165, 1.54) is 36.0 Å². The van der Waals surface area contributed by atoms with Crippen LogP contribution in [0.15, 0.2) is 53.9 Å². The van der Waals surface area contributed by atoms with E-state index in [1.54, 1.807) is 5.57 Å². The number of ketones is 1. The monoisotopic (exact) mass is 345 g/mol. The van der Waals surface area contributed by atoms with Crippen LogP contribution in [-0.2, 0) is 4.79 Å². The number of fused-ring (bicyclic) bond motifs is 5. The number of pyridine rings is 1. The number of hydrogen-bond donors (Lipinski definition) is 0. The maximum Gasteiger partial charge on any atom is 0.155 e. The molecule has 4 atom stereocenters. The van der Waals surface area contributed by atoms with Crippen LogP contribution in [0.1, 0.15) is 57.9 Å². The Bertz CT molecular complexity index is 861. The SMILES string of the molecule is CC12CCC3C(CCC4=CC(=O)CCC43C)C1=CC=C2c1cccnc1. The molecule has 4 aliphatic rings. The van der Waals surface area contributed by atoms with E-state index < -0.39 is 0 Å². The van der Waals surface area contributed by atoms with Crippen LogP contribution in [0.2, 0.25) is 0 Å². The summed E-state index contributed by atoms with van der Waals surface area (Å²) in [6.45, 7) is 4.88. The molecule has 1 aromatic rings. The third-order valence-electron chi connectivity index (χ3n) is 7.98. The third-order valence-corrected chi connectivity index (χ3v) is 7.98. The number of allylic oxidation sites excluding steroid dienone is 6. The van der Waals surface area contributed by atoms with Crippen molar-refractivity contribution in [3.05, 3.63) is 59.5 Å². The number of rotatable bonds is 1. The molecule has 2 saturated carbocycles. The van der Waals surface area contributed by atoms with E-state index in [0.29, 0.717) is 17.6 Å². The van der Waals surface area contributed by atoms with E-state index in [2.05, 4.69) is 37.0 Å². The first-order chi connectivity index (χ1) is 12.5. The lowest BCUT2D eigenvalue weighted by Crippen LogP contribution is -2.47. The molecule has 0 spiro atoms. The van der Waals surface area contributed by atoms with Crippen LogP contribution < -0.4 is 0 Å². The van der Waals surface area contributed by atoms with E-state index in [4.69, 9.17) is 0 Å². The molecular formula is C24H27NO. The van der Waals surface area contributed by atoms with Crippen molar-refractivity contribution >= 4 is 11.4 Å². The molecule has 0 aliphatic heterocycles. The van der Waals surface area contributed by atoms with Crippen LogP contribution in [0.5, 0.6) is 0 Å². The molecule has 2 heteroatoms. The van der Waals surface area contributed by atoms with Crippen molar-refractivity contribution in [1.29, 1.82) is 0 Å². The molecule has 4 aliphatic carbocycles. The molecule has 26 heavy (non-hydrogen) atoms. The molecule has 134 valence electrons. The summed E-state index contributed by atoms with van der Waals surface area (Å²) >= 11 is 0. The first-order valence-electron chi connectivity index (χ1n) is 10.1. The lowest BCUT2D eigenvalue weighted by molar-refractivity contribution is -0.116. The van der Waals surface area contributed by atoms with Crippen molar-refractivity contribution in [2.45, 2.75) is 52.4 Å². The van der Waals surface area contributed by atoms with Gasteiger partial charge in [-0.3, -0.25) is 9.78 Å². The van der Waals surface area contributed by atoms with E-state index in [0.717, 1.165) is 19.3 Å². The molecule has 2 nitrogen and oxygen atoms in total. The van der Waals surface area contributed by atoms with Crippen molar-refractivity contribution < 1.29 is 4.79 Å². The summed E-state index contributed by atoms with van der Waals surface area (Å²) in [5.74, 6) is 1.70. The molecule has 0 radical (unpaired) electrons. The minimum absolute atomic E-state index is 0.159. The van der Waals surface area contributed by atoms with Crippen LogP contribution in [0.4, 0.5) is 0 Å². The molecular weight excluding hydrogens is 318 g/mol. The quantitative estimate of drug-likeness (QED) is 0.670. The van der Waals surface area contributed by atoms with Gasteiger partial charge in [-0.15, -0.1) is 0 Å². The Balaban J connectivity index is 1.50. The minimum Gasteiger partial charge on any atom is -0.295 e. The standard InChI is InChI=1S/C24H27NO/c1-23-11-9-18(26)14-17(23)5-6-19-21-8-7-20(16-4-3-13-25-15-16)24(21,2)12-10-22(19)23/h3-4,7-8,13-15,19,22H,5-6,9-12H2,1-2H3. The Hall–Kier alpha value is -1.96. The molecule has 0 aromatic carbocycles. The fourth-order valence-corrected chi connectivity index (χ4v) is 6.49. The molecule has 0 N–H and O–H groups in total. The van der Waals surface area contributed by atoms with Gasteiger partial charge in [-0.25, -0.2) is 0 Å². The van der Waals surface area contributed by atoms with Crippen LogP contribution in [0.3, 0.4) is 0 Å². The van der Waals surface area contributed by atoms with Gasteiger partial charge in [0.2, 0.25) is 0 Å². The predicted molar refractivity (Wildman–Crippen MR) is 104 cm³/mol. The van der Waals surface area contributed by atoms with E-state index in [9.17, 15) is 4.79 Å². The van der Waals surface area contributed by atoms with Crippen molar-refractivity contribution in [3.63, 3.8) is 0 Å². The minimum atomic E-state index is 0.159. The number of hydrogen-bond acceptors (Lipinski definition) is 2.